The zero-order chi connectivity index (χ0) is 14.7. The summed E-state index contributed by atoms with van der Waals surface area (Å²) in [4.78, 5) is 4.32. The van der Waals surface area contributed by atoms with Crippen molar-refractivity contribution < 1.29 is 8.91 Å². The van der Waals surface area contributed by atoms with Crippen molar-refractivity contribution in [3.05, 3.63) is 46.3 Å². The maximum atomic E-state index is 13.8. The largest absolute Gasteiger partial charge is 0.339 e. The average molecular weight is 298 g/mol. The SMILES string of the molecule is CNC(C)C(C)c1nc(Cc2cccc(Cl)c2F)no1. The quantitative estimate of drug-likeness (QED) is 0.921. The second-order valence-electron chi connectivity index (χ2n) is 4.80. The third-order valence-electron chi connectivity index (χ3n) is 3.46. The average Bonchev–Trinajstić information content (AvgIpc) is 2.90. The maximum Gasteiger partial charge on any atom is 0.231 e. The van der Waals surface area contributed by atoms with Crippen LogP contribution in [0.1, 0.15) is 37.0 Å². The van der Waals surface area contributed by atoms with E-state index in [0.29, 0.717) is 17.3 Å². The Morgan fingerprint density at radius 1 is 1.40 bits per heavy atom. The van der Waals surface area contributed by atoms with Crippen LogP contribution in [0.25, 0.3) is 0 Å². The normalized spacial score (nSPS) is 14.2. The number of aromatic nitrogens is 2. The Balaban J connectivity index is 2.15. The predicted molar refractivity (Wildman–Crippen MR) is 75.5 cm³/mol. The first kappa shape index (κ1) is 14.9. The summed E-state index contributed by atoms with van der Waals surface area (Å²) in [6.07, 6.45) is 0.260. The third-order valence-corrected chi connectivity index (χ3v) is 3.75. The smallest absolute Gasteiger partial charge is 0.231 e. The van der Waals surface area contributed by atoms with Crippen LogP contribution in [0.5, 0.6) is 0 Å². The second kappa shape index (κ2) is 6.33. The highest BCUT2D eigenvalue weighted by Crippen LogP contribution is 2.21. The molecular formula is C14H17ClFN3O. The van der Waals surface area contributed by atoms with Crippen molar-refractivity contribution in [3.8, 4) is 0 Å². The first-order valence-corrected chi connectivity index (χ1v) is 6.83. The molecular weight excluding hydrogens is 281 g/mol. The Labute approximate surface area is 122 Å². The predicted octanol–water partition coefficient (Wildman–Crippen LogP) is 3.16. The van der Waals surface area contributed by atoms with Gasteiger partial charge < -0.3 is 9.84 Å². The van der Waals surface area contributed by atoms with E-state index in [4.69, 9.17) is 16.1 Å². The fourth-order valence-corrected chi connectivity index (χ4v) is 2.04. The summed E-state index contributed by atoms with van der Waals surface area (Å²) in [5.41, 5.74) is 0.458. The van der Waals surface area contributed by atoms with E-state index in [1.807, 2.05) is 20.9 Å². The molecule has 0 bridgehead atoms. The summed E-state index contributed by atoms with van der Waals surface area (Å²) < 4.78 is 19.0. The summed E-state index contributed by atoms with van der Waals surface area (Å²) >= 11 is 5.75. The molecule has 108 valence electrons. The van der Waals surface area contributed by atoms with E-state index in [9.17, 15) is 4.39 Å². The highest BCUT2D eigenvalue weighted by molar-refractivity contribution is 6.30. The Morgan fingerprint density at radius 2 is 2.15 bits per heavy atom. The molecule has 0 saturated carbocycles. The van der Waals surface area contributed by atoms with Gasteiger partial charge in [-0.3, -0.25) is 0 Å². The number of nitrogens with zero attached hydrogens (tertiary/aromatic N) is 2. The lowest BCUT2D eigenvalue weighted by Gasteiger charge is -2.14. The molecule has 0 spiro atoms. The van der Waals surface area contributed by atoms with E-state index in [2.05, 4.69) is 15.5 Å². The lowest BCUT2D eigenvalue weighted by Crippen LogP contribution is -2.27. The summed E-state index contributed by atoms with van der Waals surface area (Å²) in [5.74, 6) is 0.656. The molecule has 1 heterocycles. The van der Waals surface area contributed by atoms with Crippen molar-refractivity contribution in [1.82, 2.24) is 15.5 Å². The monoisotopic (exact) mass is 297 g/mol. The van der Waals surface area contributed by atoms with E-state index >= 15 is 0 Å². The molecule has 4 nitrogen and oxygen atoms in total. The van der Waals surface area contributed by atoms with E-state index in [-0.39, 0.29) is 23.4 Å². The molecule has 0 saturated heterocycles. The minimum atomic E-state index is -0.433. The van der Waals surface area contributed by atoms with Gasteiger partial charge in [-0.25, -0.2) is 4.39 Å². The Hall–Kier alpha value is -1.46. The van der Waals surface area contributed by atoms with E-state index in [1.165, 1.54) is 6.07 Å². The molecule has 0 amide bonds. The van der Waals surface area contributed by atoms with Gasteiger partial charge in [-0.15, -0.1) is 0 Å². The Bertz CT molecular complexity index is 588. The lowest BCUT2D eigenvalue weighted by molar-refractivity contribution is 0.333. The van der Waals surface area contributed by atoms with Crippen molar-refractivity contribution in [2.75, 3.05) is 7.05 Å². The molecule has 2 atom stereocenters. The highest BCUT2D eigenvalue weighted by atomic mass is 35.5. The van der Waals surface area contributed by atoms with Crippen LogP contribution >= 0.6 is 11.6 Å². The standard InChI is InChI=1S/C14H17ClFN3O/c1-8(9(2)17-3)14-18-12(19-20-14)7-10-5-4-6-11(15)13(10)16/h4-6,8-9,17H,7H2,1-3H3. The second-order valence-corrected chi connectivity index (χ2v) is 5.21. The molecule has 1 aromatic heterocycles. The number of rotatable bonds is 5. The first-order chi connectivity index (χ1) is 9.52. The Morgan fingerprint density at radius 3 is 2.85 bits per heavy atom. The van der Waals surface area contributed by atoms with Crippen molar-refractivity contribution in [2.45, 2.75) is 32.2 Å². The van der Waals surface area contributed by atoms with Crippen molar-refractivity contribution in [2.24, 2.45) is 0 Å². The molecule has 20 heavy (non-hydrogen) atoms. The first-order valence-electron chi connectivity index (χ1n) is 6.45. The number of benzene rings is 1. The van der Waals surface area contributed by atoms with Crippen LogP contribution in [-0.4, -0.2) is 23.2 Å². The fraction of sp³-hybridized carbons (Fsp3) is 0.429. The number of hydrogen-bond acceptors (Lipinski definition) is 4. The minimum absolute atomic E-state index is 0.0884. The summed E-state index contributed by atoms with van der Waals surface area (Å²) in [7, 11) is 1.87. The molecule has 0 aliphatic heterocycles. The lowest BCUT2D eigenvalue weighted by atomic mass is 10.0. The van der Waals surface area contributed by atoms with Gasteiger partial charge in [0.2, 0.25) is 5.89 Å². The number of halogens is 2. The summed E-state index contributed by atoms with van der Waals surface area (Å²) in [6.45, 7) is 4.03. The molecule has 0 radical (unpaired) electrons. The molecule has 2 aromatic rings. The van der Waals surface area contributed by atoms with Crippen molar-refractivity contribution in [3.63, 3.8) is 0 Å². The number of likely N-dealkylation sites (N-methyl/N-ethyl adjacent to an activating group) is 1. The molecule has 1 aromatic carbocycles. The molecule has 0 fully saturated rings. The Kier molecular flexibility index (Phi) is 4.73. The summed E-state index contributed by atoms with van der Waals surface area (Å²) in [5, 5.41) is 7.13. The fourth-order valence-electron chi connectivity index (χ4n) is 1.84. The topological polar surface area (TPSA) is 51.0 Å². The van der Waals surface area contributed by atoms with Gasteiger partial charge in [-0.2, -0.15) is 4.98 Å². The highest BCUT2D eigenvalue weighted by Gasteiger charge is 2.20. The number of hydrogen-bond donors (Lipinski definition) is 1. The van der Waals surface area contributed by atoms with Crippen LogP contribution in [0.4, 0.5) is 4.39 Å². The van der Waals surface area contributed by atoms with Crippen LogP contribution in [0.15, 0.2) is 22.7 Å². The van der Waals surface area contributed by atoms with E-state index < -0.39 is 5.82 Å². The van der Waals surface area contributed by atoms with Gasteiger partial charge in [0.25, 0.3) is 0 Å². The van der Waals surface area contributed by atoms with Gasteiger partial charge in [0.05, 0.1) is 10.9 Å². The van der Waals surface area contributed by atoms with Gasteiger partial charge in [0, 0.05) is 12.5 Å². The van der Waals surface area contributed by atoms with Crippen LogP contribution in [-0.2, 0) is 6.42 Å². The van der Waals surface area contributed by atoms with Crippen molar-refractivity contribution >= 4 is 11.6 Å². The van der Waals surface area contributed by atoms with Crippen LogP contribution in [0.2, 0.25) is 5.02 Å². The van der Waals surface area contributed by atoms with Gasteiger partial charge >= 0.3 is 0 Å². The third kappa shape index (κ3) is 3.16. The molecule has 6 heteroatoms. The van der Waals surface area contributed by atoms with Crippen molar-refractivity contribution in [1.29, 1.82) is 0 Å². The van der Waals surface area contributed by atoms with Gasteiger partial charge in [0.15, 0.2) is 5.82 Å². The maximum absolute atomic E-state index is 13.8. The molecule has 0 aliphatic rings. The van der Waals surface area contributed by atoms with Crippen LogP contribution < -0.4 is 5.32 Å². The molecule has 2 unspecified atom stereocenters. The van der Waals surface area contributed by atoms with Gasteiger partial charge in [0.1, 0.15) is 5.82 Å². The van der Waals surface area contributed by atoms with Crippen LogP contribution in [0.3, 0.4) is 0 Å². The van der Waals surface area contributed by atoms with E-state index in [0.717, 1.165) is 0 Å². The van der Waals surface area contributed by atoms with E-state index in [1.54, 1.807) is 12.1 Å². The number of nitrogens with one attached hydrogen (secondary N) is 1. The van der Waals surface area contributed by atoms with Gasteiger partial charge in [-0.05, 0) is 25.6 Å². The molecule has 2 rings (SSSR count). The van der Waals surface area contributed by atoms with Crippen LogP contribution in [0, 0.1) is 5.82 Å². The zero-order valence-electron chi connectivity index (χ0n) is 11.7. The minimum Gasteiger partial charge on any atom is -0.339 e. The summed E-state index contributed by atoms with van der Waals surface area (Å²) in [6, 6.07) is 5.09. The van der Waals surface area contributed by atoms with Gasteiger partial charge in [-0.1, -0.05) is 35.8 Å². The molecule has 1 N–H and O–H groups in total. The zero-order valence-corrected chi connectivity index (χ0v) is 12.4. The molecule has 0 aliphatic carbocycles.